The summed E-state index contributed by atoms with van der Waals surface area (Å²) in [5.41, 5.74) is 14.6. The molecule has 8 aromatic carbocycles. The molecule has 0 radical (unpaired) electrons. The molecule has 5 nitrogen and oxygen atoms in total. The number of fused-ring (bicyclic) bond motifs is 6. The number of hydrogen-bond donors (Lipinski definition) is 0. The number of para-hydroxylation sites is 3. The van der Waals surface area contributed by atoms with Crippen LogP contribution in [-0.4, -0.2) is 24.5 Å². The van der Waals surface area contributed by atoms with Crippen molar-refractivity contribution < 1.29 is 0 Å². The van der Waals surface area contributed by atoms with Gasteiger partial charge in [0.2, 0.25) is 0 Å². The van der Waals surface area contributed by atoms with Gasteiger partial charge in [-0.15, -0.1) is 0 Å². The minimum atomic E-state index is 0.711. The Morgan fingerprint density at radius 1 is 0.373 bits per heavy atom. The highest BCUT2D eigenvalue weighted by molar-refractivity contribution is 6.20. The summed E-state index contributed by atoms with van der Waals surface area (Å²) in [6, 6.07) is 68.1. The van der Waals surface area contributed by atoms with Crippen LogP contribution in [0.1, 0.15) is 12.7 Å². The first-order chi connectivity index (χ1) is 29.2. The van der Waals surface area contributed by atoms with Crippen LogP contribution >= 0.6 is 0 Å². The summed E-state index contributed by atoms with van der Waals surface area (Å²) < 4.78 is 2.29. The Morgan fingerprint density at radius 3 is 1.53 bits per heavy atom. The maximum Gasteiger partial charge on any atom is 0.160 e. The summed E-state index contributed by atoms with van der Waals surface area (Å²) in [6.45, 7) is 2.17. The van der Waals surface area contributed by atoms with Gasteiger partial charge >= 0.3 is 0 Å². The van der Waals surface area contributed by atoms with Gasteiger partial charge in [0.25, 0.3) is 0 Å². The van der Waals surface area contributed by atoms with Crippen LogP contribution in [0.25, 0.3) is 105 Å². The smallest absolute Gasteiger partial charge is 0.160 e. The number of benzene rings is 8. The first-order valence-corrected chi connectivity index (χ1v) is 20.1. The molecule has 11 aromatic rings. The van der Waals surface area contributed by atoms with Crippen molar-refractivity contribution in [2.45, 2.75) is 13.3 Å². The summed E-state index contributed by atoms with van der Waals surface area (Å²) in [5.74, 6) is 1.74. The van der Waals surface area contributed by atoms with E-state index in [-0.39, 0.29) is 0 Å². The normalized spacial score (nSPS) is 11.5. The van der Waals surface area contributed by atoms with Crippen molar-refractivity contribution >= 4 is 43.6 Å². The van der Waals surface area contributed by atoms with E-state index in [1.165, 1.54) is 11.1 Å². The molecule has 59 heavy (non-hydrogen) atoms. The quantitative estimate of drug-likeness (QED) is 0.152. The summed E-state index contributed by atoms with van der Waals surface area (Å²) in [4.78, 5) is 20.8. The Hall–Kier alpha value is -7.76. The second kappa shape index (κ2) is 14.3. The zero-order valence-corrected chi connectivity index (χ0v) is 32.4. The lowest BCUT2D eigenvalue weighted by Crippen LogP contribution is -1.99. The van der Waals surface area contributed by atoms with Crippen molar-refractivity contribution in [1.29, 1.82) is 0 Å². The number of rotatable bonds is 7. The van der Waals surface area contributed by atoms with E-state index in [4.69, 9.17) is 19.9 Å². The second-order valence-electron chi connectivity index (χ2n) is 14.9. The van der Waals surface area contributed by atoms with Crippen LogP contribution in [0.5, 0.6) is 0 Å². The van der Waals surface area contributed by atoms with Crippen molar-refractivity contribution in [3.05, 3.63) is 200 Å². The summed E-state index contributed by atoms with van der Waals surface area (Å²) >= 11 is 0. The van der Waals surface area contributed by atoms with Crippen LogP contribution in [0.2, 0.25) is 0 Å². The van der Waals surface area contributed by atoms with E-state index in [1.54, 1.807) is 0 Å². The molecule has 278 valence electrons. The van der Waals surface area contributed by atoms with E-state index in [2.05, 4.69) is 193 Å². The molecule has 0 spiro atoms. The number of hydrogen-bond acceptors (Lipinski definition) is 4. The van der Waals surface area contributed by atoms with E-state index in [1.807, 2.05) is 12.1 Å². The van der Waals surface area contributed by atoms with Crippen molar-refractivity contribution in [3.63, 3.8) is 0 Å². The van der Waals surface area contributed by atoms with Gasteiger partial charge in [0, 0.05) is 45.0 Å². The number of nitrogens with zero attached hydrogens (tertiary/aromatic N) is 5. The molecule has 0 bridgehead atoms. The van der Waals surface area contributed by atoms with Crippen LogP contribution in [0.4, 0.5) is 0 Å². The van der Waals surface area contributed by atoms with Gasteiger partial charge in [0.15, 0.2) is 5.82 Å². The van der Waals surface area contributed by atoms with Gasteiger partial charge in [-0.3, -0.25) is 4.57 Å². The van der Waals surface area contributed by atoms with Crippen LogP contribution < -0.4 is 0 Å². The molecule has 0 atom stereocenters. The third kappa shape index (κ3) is 6.03. The van der Waals surface area contributed by atoms with Gasteiger partial charge in [-0.2, -0.15) is 0 Å². The maximum absolute atomic E-state index is 5.32. The van der Waals surface area contributed by atoms with Gasteiger partial charge in [-0.05, 0) is 58.0 Å². The topological polar surface area (TPSA) is 56.5 Å². The Morgan fingerprint density at radius 2 is 0.881 bits per heavy atom. The van der Waals surface area contributed by atoms with Crippen molar-refractivity contribution in [2.24, 2.45) is 0 Å². The first-order valence-electron chi connectivity index (χ1n) is 20.1. The lowest BCUT2D eigenvalue weighted by molar-refractivity contribution is 0.908. The maximum atomic E-state index is 5.32. The van der Waals surface area contributed by atoms with Gasteiger partial charge in [0.1, 0.15) is 5.82 Å². The SMILES string of the molecule is CCc1nc2c3c(-c4ccc(-c5ccc(-c6nc(-c7ccc(-c8ccccc8)cc7)nc7ccccc67)cc5)cc4)nc4ccccc4c3ccc2n1-c1ccccc1. The van der Waals surface area contributed by atoms with E-state index in [9.17, 15) is 0 Å². The van der Waals surface area contributed by atoms with Gasteiger partial charge in [-0.1, -0.05) is 171 Å². The standard InChI is InChI=1S/C54H37N5/c1-2-49-57-53-48(59(49)42-15-7-4-8-16-42)34-33-44-43-17-9-11-19-46(43)55-52(50(44)53)40-29-23-38(24-30-40)37-21-27-39(28-22-37)51-45-18-10-12-20-47(45)56-54(58-51)41-31-25-36(26-32-41)35-13-5-3-6-14-35/h3-34H,2H2,1H3. The minimum Gasteiger partial charge on any atom is -0.296 e. The molecule has 3 aromatic heterocycles. The van der Waals surface area contributed by atoms with Crippen molar-refractivity contribution in [3.8, 4) is 61.8 Å². The lowest BCUT2D eigenvalue weighted by atomic mass is 9.96. The molecular formula is C54H37N5. The van der Waals surface area contributed by atoms with Gasteiger partial charge in [0.05, 0.1) is 33.5 Å². The van der Waals surface area contributed by atoms with Crippen LogP contribution in [0, 0.1) is 0 Å². The molecule has 0 amide bonds. The molecule has 0 saturated heterocycles. The Labute approximate surface area is 342 Å². The highest BCUT2D eigenvalue weighted by Gasteiger charge is 2.20. The molecule has 0 fully saturated rings. The molecule has 0 N–H and O–H groups in total. The Balaban J connectivity index is 0.964. The van der Waals surface area contributed by atoms with E-state index in [0.29, 0.717) is 5.82 Å². The fourth-order valence-electron chi connectivity index (χ4n) is 8.45. The third-order valence-electron chi connectivity index (χ3n) is 11.4. The molecule has 3 heterocycles. The summed E-state index contributed by atoms with van der Waals surface area (Å²) in [5, 5.41) is 4.38. The predicted octanol–water partition coefficient (Wildman–Crippen LogP) is 13.6. The molecule has 0 aliphatic carbocycles. The third-order valence-corrected chi connectivity index (χ3v) is 11.4. The first kappa shape index (κ1) is 34.5. The van der Waals surface area contributed by atoms with E-state index in [0.717, 1.165) is 101 Å². The fraction of sp³-hybridized carbons (Fsp3) is 0.0370. The average Bonchev–Trinajstić information content (AvgIpc) is 3.71. The molecule has 0 aliphatic rings. The molecule has 5 heteroatoms. The zero-order valence-electron chi connectivity index (χ0n) is 32.4. The van der Waals surface area contributed by atoms with E-state index < -0.39 is 0 Å². The highest BCUT2D eigenvalue weighted by Crippen LogP contribution is 2.39. The number of pyridine rings is 1. The average molecular weight is 756 g/mol. The van der Waals surface area contributed by atoms with Crippen molar-refractivity contribution in [2.75, 3.05) is 0 Å². The minimum absolute atomic E-state index is 0.711. The van der Waals surface area contributed by atoms with E-state index >= 15 is 0 Å². The fourth-order valence-corrected chi connectivity index (χ4v) is 8.45. The molecule has 0 aliphatic heterocycles. The summed E-state index contributed by atoms with van der Waals surface area (Å²) in [6.07, 6.45) is 0.812. The molecule has 0 unspecified atom stereocenters. The number of imidazole rings is 1. The van der Waals surface area contributed by atoms with Crippen molar-refractivity contribution in [1.82, 2.24) is 24.5 Å². The van der Waals surface area contributed by atoms with Gasteiger partial charge in [-0.25, -0.2) is 19.9 Å². The molecular weight excluding hydrogens is 719 g/mol. The lowest BCUT2D eigenvalue weighted by Gasteiger charge is -2.13. The summed E-state index contributed by atoms with van der Waals surface area (Å²) in [7, 11) is 0. The Kier molecular flexibility index (Phi) is 8.37. The monoisotopic (exact) mass is 755 g/mol. The molecule has 0 saturated carbocycles. The Bertz CT molecular complexity index is 3320. The highest BCUT2D eigenvalue weighted by atomic mass is 15.1. The van der Waals surface area contributed by atoms with Gasteiger partial charge < -0.3 is 0 Å². The van der Waals surface area contributed by atoms with Crippen LogP contribution in [-0.2, 0) is 6.42 Å². The zero-order chi connectivity index (χ0) is 39.3. The van der Waals surface area contributed by atoms with Crippen LogP contribution in [0.15, 0.2) is 194 Å². The predicted molar refractivity (Wildman–Crippen MR) is 244 cm³/mol. The van der Waals surface area contributed by atoms with Crippen LogP contribution in [0.3, 0.4) is 0 Å². The number of aryl methyl sites for hydroxylation is 1. The number of aromatic nitrogens is 5. The second-order valence-corrected chi connectivity index (χ2v) is 14.9. The molecule has 11 rings (SSSR count). The largest absolute Gasteiger partial charge is 0.296 e.